The van der Waals surface area contributed by atoms with E-state index >= 15 is 0 Å². The zero-order valence-electron chi connectivity index (χ0n) is 8.65. The average Bonchev–Trinajstić information content (AvgIpc) is 2.86. The number of hydrogen-bond donors (Lipinski definition) is 1. The van der Waals surface area contributed by atoms with Crippen LogP contribution in [0.2, 0.25) is 0 Å². The van der Waals surface area contributed by atoms with Crippen molar-refractivity contribution < 1.29 is 4.79 Å². The largest absolute Gasteiger partial charge is 0.340 e. The molecule has 0 bridgehead atoms. The molecule has 2 saturated heterocycles. The number of carbonyl (C=O) groups is 1. The molecule has 1 aliphatic carbocycles. The third-order valence-electron chi connectivity index (χ3n) is 3.50. The summed E-state index contributed by atoms with van der Waals surface area (Å²) in [6, 6.07) is 0.838. The maximum absolute atomic E-state index is 12.0. The second-order valence-electron chi connectivity index (χ2n) is 4.49. The second kappa shape index (κ2) is 4.52. The standard InChI is InChI=1S/C10H16N2OS.ClH/c13-10(12-1-3-14-4-2-12)9-6-7-5-8(7)11-9;/h7-9,11H,1-6H2;1H/t7-,8-,9-;/m0./s1. The van der Waals surface area contributed by atoms with Crippen LogP contribution in [0.4, 0.5) is 0 Å². The Kier molecular flexibility index (Phi) is 3.48. The van der Waals surface area contributed by atoms with Gasteiger partial charge in [-0.25, -0.2) is 0 Å². The Hall–Kier alpha value is 0.0700. The van der Waals surface area contributed by atoms with Gasteiger partial charge in [0, 0.05) is 30.6 Å². The molecule has 1 amide bonds. The van der Waals surface area contributed by atoms with Crippen LogP contribution in [-0.2, 0) is 4.79 Å². The molecule has 5 heteroatoms. The number of fused-ring (bicyclic) bond motifs is 1. The summed E-state index contributed by atoms with van der Waals surface area (Å²) in [5, 5.41) is 3.43. The van der Waals surface area contributed by atoms with Crippen LogP contribution in [0.5, 0.6) is 0 Å². The van der Waals surface area contributed by atoms with Crippen molar-refractivity contribution in [2.75, 3.05) is 24.6 Å². The van der Waals surface area contributed by atoms with Gasteiger partial charge < -0.3 is 10.2 Å². The van der Waals surface area contributed by atoms with Crippen LogP contribution in [0.25, 0.3) is 0 Å². The molecule has 2 heterocycles. The smallest absolute Gasteiger partial charge is 0.239 e. The van der Waals surface area contributed by atoms with Gasteiger partial charge in [-0.05, 0) is 18.8 Å². The molecule has 3 aliphatic rings. The first-order chi connectivity index (χ1) is 6.84. The van der Waals surface area contributed by atoms with E-state index in [0.717, 1.165) is 36.9 Å². The predicted molar refractivity (Wildman–Crippen MR) is 64.6 cm³/mol. The highest BCUT2D eigenvalue weighted by atomic mass is 35.5. The molecule has 3 rings (SSSR count). The molecule has 0 spiro atoms. The Balaban J connectivity index is 0.000000853. The minimum atomic E-state index is 0. The number of rotatable bonds is 1. The van der Waals surface area contributed by atoms with E-state index in [1.54, 1.807) is 0 Å². The zero-order valence-corrected chi connectivity index (χ0v) is 10.3. The van der Waals surface area contributed by atoms with E-state index in [1.165, 1.54) is 6.42 Å². The van der Waals surface area contributed by atoms with Gasteiger partial charge >= 0.3 is 0 Å². The van der Waals surface area contributed by atoms with Crippen molar-refractivity contribution in [3.05, 3.63) is 0 Å². The lowest BCUT2D eigenvalue weighted by Gasteiger charge is -2.29. The summed E-state index contributed by atoms with van der Waals surface area (Å²) >= 11 is 1.95. The lowest BCUT2D eigenvalue weighted by Crippen LogP contribution is -2.47. The van der Waals surface area contributed by atoms with Gasteiger partial charge in [0.05, 0.1) is 6.04 Å². The highest BCUT2D eigenvalue weighted by Crippen LogP contribution is 2.41. The van der Waals surface area contributed by atoms with Gasteiger partial charge in [-0.2, -0.15) is 11.8 Å². The molecule has 0 radical (unpaired) electrons. The van der Waals surface area contributed by atoms with Gasteiger partial charge in [-0.1, -0.05) is 0 Å². The SMILES string of the molecule is Cl.O=C([C@@H]1C[C@@H]2C[C@@H]2N1)N1CCSCC1. The number of thioether (sulfide) groups is 1. The third kappa shape index (κ3) is 2.27. The maximum atomic E-state index is 12.0. The van der Waals surface area contributed by atoms with Crippen molar-refractivity contribution in [1.29, 1.82) is 0 Å². The minimum Gasteiger partial charge on any atom is -0.340 e. The highest BCUT2D eigenvalue weighted by Gasteiger charge is 2.48. The molecule has 0 aromatic heterocycles. The normalized spacial score (nSPS) is 38.1. The van der Waals surface area contributed by atoms with Crippen molar-refractivity contribution in [2.45, 2.75) is 24.9 Å². The maximum Gasteiger partial charge on any atom is 0.239 e. The quantitative estimate of drug-likeness (QED) is 0.743. The fourth-order valence-corrected chi connectivity index (χ4v) is 3.42. The number of carbonyl (C=O) groups excluding carboxylic acids is 1. The zero-order chi connectivity index (χ0) is 9.54. The number of amides is 1. The Morgan fingerprint density at radius 2 is 2.00 bits per heavy atom. The van der Waals surface area contributed by atoms with Crippen molar-refractivity contribution in [2.24, 2.45) is 5.92 Å². The molecule has 1 N–H and O–H groups in total. The minimum absolute atomic E-state index is 0. The van der Waals surface area contributed by atoms with E-state index < -0.39 is 0 Å². The van der Waals surface area contributed by atoms with Crippen LogP contribution < -0.4 is 5.32 Å². The van der Waals surface area contributed by atoms with E-state index in [4.69, 9.17) is 0 Å². The summed E-state index contributed by atoms with van der Waals surface area (Å²) in [5.41, 5.74) is 0. The van der Waals surface area contributed by atoms with Crippen LogP contribution in [0.3, 0.4) is 0 Å². The number of piperidine rings is 1. The van der Waals surface area contributed by atoms with Crippen LogP contribution in [0, 0.1) is 5.92 Å². The molecule has 0 unspecified atom stereocenters. The van der Waals surface area contributed by atoms with Gasteiger partial charge in [-0.3, -0.25) is 4.79 Å². The Bertz CT molecular complexity index is 244. The molecule has 86 valence electrons. The third-order valence-corrected chi connectivity index (χ3v) is 4.44. The Morgan fingerprint density at radius 3 is 2.60 bits per heavy atom. The number of halogens is 1. The summed E-state index contributed by atoms with van der Waals surface area (Å²) in [6.45, 7) is 1.91. The molecule has 3 nitrogen and oxygen atoms in total. The van der Waals surface area contributed by atoms with Crippen LogP contribution >= 0.6 is 24.2 Å². The summed E-state index contributed by atoms with van der Waals surface area (Å²) in [5.74, 6) is 3.41. The predicted octanol–water partition coefficient (Wildman–Crippen LogP) is 0.734. The van der Waals surface area contributed by atoms with Gasteiger partial charge in [0.25, 0.3) is 0 Å². The second-order valence-corrected chi connectivity index (χ2v) is 5.72. The fraction of sp³-hybridized carbons (Fsp3) is 0.900. The van der Waals surface area contributed by atoms with Crippen LogP contribution in [0.15, 0.2) is 0 Å². The van der Waals surface area contributed by atoms with Crippen molar-refractivity contribution in [3.63, 3.8) is 0 Å². The van der Waals surface area contributed by atoms with E-state index in [-0.39, 0.29) is 18.4 Å². The van der Waals surface area contributed by atoms with Crippen molar-refractivity contribution >= 4 is 30.1 Å². The van der Waals surface area contributed by atoms with E-state index in [1.807, 2.05) is 16.7 Å². The van der Waals surface area contributed by atoms with Gasteiger partial charge in [-0.15, -0.1) is 12.4 Å². The van der Waals surface area contributed by atoms with Crippen molar-refractivity contribution in [1.82, 2.24) is 10.2 Å². The van der Waals surface area contributed by atoms with Crippen molar-refractivity contribution in [3.8, 4) is 0 Å². The van der Waals surface area contributed by atoms with Gasteiger partial charge in [0.15, 0.2) is 0 Å². The molecule has 3 atom stereocenters. The van der Waals surface area contributed by atoms with E-state index in [2.05, 4.69) is 5.32 Å². The summed E-state index contributed by atoms with van der Waals surface area (Å²) in [6.07, 6.45) is 2.40. The first-order valence-electron chi connectivity index (χ1n) is 5.47. The lowest BCUT2D eigenvalue weighted by atomic mass is 10.1. The molecule has 1 saturated carbocycles. The van der Waals surface area contributed by atoms with Crippen LogP contribution in [0.1, 0.15) is 12.8 Å². The molecular formula is C10H17ClN2OS. The Morgan fingerprint density at radius 1 is 1.27 bits per heavy atom. The first kappa shape index (κ1) is 11.6. The molecule has 0 aromatic carbocycles. The summed E-state index contributed by atoms with van der Waals surface area (Å²) in [7, 11) is 0. The highest BCUT2D eigenvalue weighted by molar-refractivity contribution is 7.99. The van der Waals surface area contributed by atoms with Gasteiger partial charge in [0.1, 0.15) is 0 Å². The number of nitrogens with one attached hydrogen (secondary N) is 1. The fourth-order valence-electron chi connectivity index (χ4n) is 2.52. The van der Waals surface area contributed by atoms with Gasteiger partial charge in [0.2, 0.25) is 5.91 Å². The Labute approximate surface area is 101 Å². The molecule has 0 aromatic rings. The van der Waals surface area contributed by atoms with Crippen LogP contribution in [-0.4, -0.2) is 47.5 Å². The monoisotopic (exact) mass is 248 g/mol. The molecule has 3 fully saturated rings. The lowest BCUT2D eigenvalue weighted by molar-refractivity contribution is -0.132. The van der Waals surface area contributed by atoms with E-state index in [9.17, 15) is 4.79 Å². The molecule has 15 heavy (non-hydrogen) atoms. The van der Waals surface area contributed by atoms with E-state index in [0.29, 0.717) is 11.9 Å². The number of nitrogens with zero attached hydrogens (tertiary/aromatic N) is 1. The topological polar surface area (TPSA) is 32.3 Å². The first-order valence-corrected chi connectivity index (χ1v) is 6.62. The molecule has 2 aliphatic heterocycles. The summed E-state index contributed by atoms with van der Waals surface area (Å²) in [4.78, 5) is 14.1. The summed E-state index contributed by atoms with van der Waals surface area (Å²) < 4.78 is 0. The number of hydrogen-bond acceptors (Lipinski definition) is 3. The molecular weight excluding hydrogens is 232 g/mol. The average molecular weight is 249 g/mol.